The molecule has 0 amide bonds. The van der Waals surface area contributed by atoms with E-state index in [1.807, 2.05) is 18.2 Å². The van der Waals surface area contributed by atoms with Crippen molar-refractivity contribution < 1.29 is 0 Å². The quantitative estimate of drug-likeness (QED) is 0.162. The first kappa shape index (κ1) is 35.5. The van der Waals surface area contributed by atoms with E-state index in [4.69, 9.17) is 15.0 Å². The number of nitrogens with zero attached hydrogens (tertiary/aromatic N) is 5. The second kappa shape index (κ2) is 14.7. The van der Waals surface area contributed by atoms with Crippen molar-refractivity contribution in [2.24, 2.45) is 0 Å². The molecule has 0 aliphatic rings. The van der Waals surface area contributed by atoms with E-state index in [2.05, 4.69) is 215 Å². The minimum atomic E-state index is 0.559. The third-order valence-corrected chi connectivity index (χ3v) is 12.0. The van der Waals surface area contributed by atoms with Gasteiger partial charge in [0, 0.05) is 38.2 Å². The Morgan fingerprint density at radius 2 is 0.710 bits per heavy atom. The molecule has 12 aromatic rings. The third-order valence-electron chi connectivity index (χ3n) is 12.0. The standard InChI is InChI=1S/C57H37N5/c1-4-18-38(19-5-1)41-24-16-25-42(34-41)43-26-17-27-44(35-43)56-58-55(40-22-8-3-9-23-40)59-57(60-56)62-52-33-15-12-30-47(52)49-36-48-46-29-11-14-32-51(46)61(53(48)37-54(49)62)50-31-13-10-28-45(50)39-20-6-2-7-21-39/h1-37H. The molecule has 0 aliphatic heterocycles. The van der Waals surface area contributed by atoms with Gasteiger partial charge in [0.1, 0.15) is 0 Å². The second-order valence-electron chi connectivity index (χ2n) is 15.7. The molecule has 290 valence electrons. The van der Waals surface area contributed by atoms with Crippen molar-refractivity contribution in [3.05, 3.63) is 224 Å². The van der Waals surface area contributed by atoms with Crippen LogP contribution in [0.1, 0.15) is 0 Å². The molecular formula is C57H37N5. The number of fused-ring (bicyclic) bond motifs is 6. The lowest BCUT2D eigenvalue weighted by molar-refractivity contribution is 0.953. The first-order valence-corrected chi connectivity index (χ1v) is 20.9. The number of benzene rings is 9. The molecule has 9 aromatic carbocycles. The Hall–Kier alpha value is -8.41. The zero-order valence-corrected chi connectivity index (χ0v) is 33.6. The monoisotopic (exact) mass is 791 g/mol. The van der Waals surface area contributed by atoms with Crippen molar-refractivity contribution in [2.75, 3.05) is 0 Å². The summed E-state index contributed by atoms with van der Waals surface area (Å²) in [6.07, 6.45) is 0. The highest BCUT2D eigenvalue weighted by Gasteiger charge is 2.22. The van der Waals surface area contributed by atoms with Gasteiger partial charge in [-0.15, -0.1) is 0 Å². The topological polar surface area (TPSA) is 48.5 Å². The largest absolute Gasteiger partial charge is 0.309 e. The first-order chi connectivity index (χ1) is 30.7. The predicted molar refractivity (Wildman–Crippen MR) is 256 cm³/mol. The van der Waals surface area contributed by atoms with E-state index in [0.29, 0.717) is 17.6 Å². The fourth-order valence-corrected chi connectivity index (χ4v) is 9.09. The third kappa shape index (κ3) is 5.98. The number of para-hydroxylation sites is 3. The van der Waals surface area contributed by atoms with Crippen LogP contribution in [0.2, 0.25) is 0 Å². The van der Waals surface area contributed by atoms with Crippen molar-refractivity contribution in [3.63, 3.8) is 0 Å². The van der Waals surface area contributed by atoms with E-state index in [0.717, 1.165) is 60.8 Å². The SMILES string of the molecule is c1ccc(-c2cccc(-c3cccc(-c4nc(-c5ccccc5)nc(-n5c6ccccc6c6cc7c8ccccc8n(-c8ccccc8-c8ccccc8)c7cc65)n4)c3)c2)cc1. The maximum absolute atomic E-state index is 5.36. The zero-order chi connectivity index (χ0) is 41.0. The van der Waals surface area contributed by atoms with E-state index in [-0.39, 0.29) is 0 Å². The molecule has 0 fully saturated rings. The Balaban J connectivity index is 1.10. The molecule has 0 saturated carbocycles. The van der Waals surface area contributed by atoms with Gasteiger partial charge in [0.15, 0.2) is 11.6 Å². The molecule has 0 N–H and O–H groups in total. The second-order valence-corrected chi connectivity index (χ2v) is 15.7. The van der Waals surface area contributed by atoms with Crippen LogP contribution in [-0.2, 0) is 0 Å². The Morgan fingerprint density at radius 1 is 0.258 bits per heavy atom. The van der Waals surface area contributed by atoms with Gasteiger partial charge in [-0.05, 0) is 70.3 Å². The summed E-state index contributed by atoms with van der Waals surface area (Å²) in [6.45, 7) is 0. The molecule has 0 unspecified atom stereocenters. The van der Waals surface area contributed by atoms with Crippen LogP contribution in [0.5, 0.6) is 0 Å². The lowest BCUT2D eigenvalue weighted by Crippen LogP contribution is -2.06. The van der Waals surface area contributed by atoms with E-state index >= 15 is 0 Å². The van der Waals surface area contributed by atoms with Gasteiger partial charge in [-0.1, -0.05) is 182 Å². The van der Waals surface area contributed by atoms with Gasteiger partial charge < -0.3 is 4.57 Å². The van der Waals surface area contributed by atoms with E-state index in [1.54, 1.807) is 0 Å². The maximum Gasteiger partial charge on any atom is 0.238 e. The van der Waals surface area contributed by atoms with Gasteiger partial charge >= 0.3 is 0 Å². The van der Waals surface area contributed by atoms with Gasteiger partial charge in [-0.2, -0.15) is 9.97 Å². The summed E-state index contributed by atoms with van der Waals surface area (Å²) in [5, 5.41) is 4.66. The van der Waals surface area contributed by atoms with Gasteiger partial charge in [-0.25, -0.2) is 4.98 Å². The van der Waals surface area contributed by atoms with Crippen LogP contribution in [0.4, 0.5) is 0 Å². The van der Waals surface area contributed by atoms with Crippen LogP contribution < -0.4 is 0 Å². The minimum Gasteiger partial charge on any atom is -0.309 e. The van der Waals surface area contributed by atoms with Crippen molar-refractivity contribution in [3.8, 4) is 67.8 Å². The van der Waals surface area contributed by atoms with Crippen LogP contribution in [0.3, 0.4) is 0 Å². The van der Waals surface area contributed by atoms with Crippen molar-refractivity contribution in [2.45, 2.75) is 0 Å². The summed E-state index contributed by atoms with van der Waals surface area (Å²) < 4.78 is 4.64. The number of rotatable bonds is 7. The van der Waals surface area contributed by atoms with Crippen LogP contribution >= 0.6 is 0 Å². The average molecular weight is 792 g/mol. The summed E-state index contributed by atoms with van der Waals surface area (Å²) in [4.78, 5) is 15.8. The average Bonchev–Trinajstić information content (AvgIpc) is 3.86. The summed E-state index contributed by atoms with van der Waals surface area (Å²) >= 11 is 0. The number of hydrogen-bond donors (Lipinski definition) is 0. The molecule has 0 radical (unpaired) electrons. The Morgan fingerprint density at radius 3 is 1.37 bits per heavy atom. The normalized spacial score (nSPS) is 11.5. The molecule has 3 heterocycles. The molecule has 12 rings (SSSR count). The summed E-state index contributed by atoms with van der Waals surface area (Å²) in [6, 6.07) is 79.3. The fraction of sp³-hybridized carbons (Fsp3) is 0. The van der Waals surface area contributed by atoms with E-state index in [9.17, 15) is 0 Å². The molecule has 0 atom stereocenters. The van der Waals surface area contributed by atoms with Crippen molar-refractivity contribution in [1.29, 1.82) is 0 Å². The molecule has 0 saturated heterocycles. The smallest absolute Gasteiger partial charge is 0.238 e. The maximum atomic E-state index is 5.36. The number of aromatic nitrogens is 5. The predicted octanol–water partition coefficient (Wildman–Crippen LogP) is 14.4. The molecule has 0 spiro atoms. The van der Waals surface area contributed by atoms with E-state index < -0.39 is 0 Å². The van der Waals surface area contributed by atoms with Gasteiger partial charge in [0.25, 0.3) is 0 Å². The highest BCUT2D eigenvalue weighted by molar-refractivity contribution is 6.19. The van der Waals surface area contributed by atoms with Crippen LogP contribution in [-0.4, -0.2) is 24.1 Å². The molecule has 62 heavy (non-hydrogen) atoms. The first-order valence-electron chi connectivity index (χ1n) is 20.9. The minimum absolute atomic E-state index is 0.559. The zero-order valence-electron chi connectivity index (χ0n) is 33.6. The molecule has 5 heteroatoms. The van der Waals surface area contributed by atoms with Crippen LogP contribution in [0.25, 0.3) is 111 Å². The van der Waals surface area contributed by atoms with Gasteiger partial charge in [-0.3, -0.25) is 4.57 Å². The highest BCUT2D eigenvalue weighted by atomic mass is 15.2. The lowest BCUT2D eigenvalue weighted by Gasteiger charge is -2.14. The van der Waals surface area contributed by atoms with Gasteiger partial charge in [0.2, 0.25) is 5.95 Å². The molecular weight excluding hydrogens is 755 g/mol. The Kier molecular flexibility index (Phi) is 8.42. The lowest BCUT2D eigenvalue weighted by atomic mass is 9.98. The highest BCUT2D eigenvalue weighted by Crippen LogP contribution is 2.41. The van der Waals surface area contributed by atoms with E-state index in [1.165, 1.54) is 33.0 Å². The van der Waals surface area contributed by atoms with Crippen molar-refractivity contribution in [1.82, 2.24) is 24.1 Å². The molecule has 3 aromatic heterocycles. The Bertz CT molecular complexity index is 3620. The van der Waals surface area contributed by atoms with Crippen LogP contribution in [0.15, 0.2) is 224 Å². The fourth-order valence-electron chi connectivity index (χ4n) is 9.09. The summed E-state index contributed by atoms with van der Waals surface area (Å²) in [5.41, 5.74) is 14.2. The molecule has 5 nitrogen and oxygen atoms in total. The Labute approximate surface area is 358 Å². The van der Waals surface area contributed by atoms with Crippen LogP contribution in [0, 0.1) is 0 Å². The van der Waals surface area contributed by atoms with Crippen molar-refractivity contribution >= 4 is 43.6 Å². The van der Waals surface area contributed by atoms with Gasteiger partial charge in [0.05, 0.1) is 27.8 Å². The molecule has 0 aliphatic carbocycles. The molecule has 0 bridgehead atoms. The number of hydrogen-bond acceptors (Lipinski definition) is 3. The summed E-state index contributed by atoms with van der Waals surface area (Å²) in [7, 11) is 0. The summed E-state index contributed by atoms with van der Waals surface area (Å²) in [5.74, 6) is 1.77.